The van der Waals surface area contributed by atoms with Gasteiger partial charge in [0.2, 0.25) is 0 Å². The van der Waals surface area contributed by atoms with Crippen molar-refractivity contribution in [2.75, 3.05) is 0 Å². The number of benzene rings is 1. The summed E-state index contributed by atoms with van der Waals surface area (Å²) in [6.07, 6.45) is 4.37. The molecule has 0 saturated heterocycles. The molecule has 1 N–H and O–H groups in total. The summed E-state index contributed by atoms with van der Waals surface area (Å²) in [5, 5.41) is 10.3. The van der Waals surface area contributed by atoms with E-state index in [1.165, 1.54) is 18.6 Å². The van der Waals surface area contributed by atoms with Crippen LogP contribution in [-0.2, 0) is 0 Å². The Balaban J connectivity index is 1.94. The highest BCUT2D eigenvalue weighted by Crippen LogP contribution is 2.47. The lowest BCUT2D eigenvalue weighted by atomic mass is 9.74. The lowest BCUT2D eigenvalue weighted by Crippen LogP contribution is -2.44. The number of hydrogen-bond acceptors (Lipinski definition) is 2. The second kappa shape index (κ2) is 4.23. The molecule has 0 amide bonds. The standard InChI is InChI=1S/C15H19FO2/c1-10-3-2-6-15(8-10)9-13(17)12-5-4-11(16)7-14(12)18-15/h4-5,7,10,13,17H,2-3,6,8-9H2,1H3/t10?,13-,15?/m1/s1. The van der Waals surface area contributed by atoms with Crippen LogP contribution in [0.4, 0.5) is 4.39 Å². The first-order valence-corrected chi connectivity index (χ1v) is 6.74. The Hall–Kier alpha value is -1.09. The average molecular weight is 250 g/mol. The highest BCUT2D eigenvalue weighted by Gasteiger charge is 2.43. The van der Waals surface area contributed by atoms with E-state index < -0.39 is 6.10 Å². The van der Waals surface area contributed by atoms with Crippen molar-refractivity contribution in [1.82, 2.24) is 0 Å². The van der Waals surface area contributed by atoms with Gasteiger partial charge in [-0.05, 0) is 37.3 Å². The third-order valence-electron chi connectivity index (χ3n) is 4.28. The molecule has 3 atom stereocenters. The number of fused-ring (bicyclic) bond motifs is 1. The Kier molecular flexibility index (Phi) is 2.81. The summed E-state index contributed by atoms with van der Waals surface area (Å²) in [7, 11) is 0. The summed E-state index contributed by atoms with van der Waals surface area (Å²) in [5.41, 5.74) is 0.443. The quantitative estimate of drug-likeness (QED) is 0.762. The van der Waals surface area contributed by atoms with Crippen LogP contribution in [0.1, 0.15) is 50.7 Å². The first kappa shape index (κ1) is 12.0. The first-order valence-electron chi connectivity index (χ1n) is 6.74. The van der Waals surface area contributed by atoms with Crippen molar-refractivity contribution < 1.29 is 14.2 Å². The molecule has 0 radical (unpaired) electrons. The van der Waals surface area contributed by atoms with Crippen LogP contribution in [-0.4, -0.2) is 10.7 Å². The minimum Gasteiger partial charge on any atom is -0.487 e. The predicted octanol–water partition coefficient (Wildman–Crippen LogP) is 3.59. The van der Waals surface area contributed by atoms with Crippen molar-refractivity contribution in [1.29, 1.82) is 0 Å². The second-order valence-corrected chi connectivity index (χ2v) is 5.89. The fourth-order valence-electron chi connectivity index (χ4n) is 3.50. The Labute approximate surface area is 107 Å². The lowest BCUT2D eigenvalue weighted by Gasteiger charge is -2.45. The summed E-state index contributed by atoms with van der Waals surface area (Å²) in [6, 6.07) is 4.42. The topological polar surface area (TPSA) is 29.5 Å². The molecular formula is C15H19FO2. The second-order valence-electron chi connectivity index (χ2n) is 5.89. The number of rotatable bonds is 0. The SMILES string of the molecule is CC1CCCC2(C1)C[C@@H](O)c1ccc(F)cc1O2. The smallest absolute Gasteiger partial charge is 0.128 e. The number of aliphatic hydroxyl groups excluding tert-OH is 1. The maximum absolute atomic E-state index is 13.3. The van der Waals surface area contributed by atoms with Gasteiger partial charge in [-0.3, -0.25) is 0 Å². The Morgan fingerprint density at radius 3 is 3.00 bits per heavy atom. The van der Waals surface area contributed by atoms with Gasteiger partial charge in [0.05, 0.1) is 6.10 Å². The van der Waals surface area contributed by atoms with Crippen LogP contribution in [0.25, 0.3) is 0 Å². The molecule has 18 heavy (non-hydrogen) atoms. The molecule has 1 aliphatic carbocycles. The van der Waals surface area contributed by atoms with Crippen LogP contribution in [0.2, 0.25) is 0 Å². The van der Waals surface area contributed by atoms with E-state index in [0.29, 0.717) is 18.1 Å². The van der Waals surface area contributed by atoms with Gasteiger partial charge in [-0.2, -0.15) is 0 Å². The molecule has 98 valence electrons. The fraction of sp³-hybridized carbons (Fsp3) is 0.600. The molecule has 1 spiro atoms. The normalized spacial score (nSPS) is 35.1. The van der Waals surface area contributed by atoms with Gasteiger partial charge in [-0.25, -0.2) is 4.39 Å². The Morgan fingerprint density at radius 1 is 1.39 bits per heavy atom. The van der Waals surface area contributed by atoms with Crippen LogP contribution in [0.3, 0.4) is 0 Å². The van der Waals surface area contributed by atoms with Gasteiger partial charge >= 0.3 is 0 Å². The molecule has 3 rings (SSSR count). The zero-order valence-corrected chi connectivity index (χ0v) is 10.7. The van der Waals surface area contributed by atoms with Crippen LogP contribution in [0, 0.1) is 11.7 Å². The highest BCUT2D eigenvalue weighted by molar-refractivity contribution is 5.38. The summed E-state index contributed by atoms with van der Waals surface area (Å²) < 4.78 is 19.4. The molecule has 1 fully saturated rings. The van der Waals surface area contributed by atoms with Gasteiger partial charge < -0.3 is 9.84 Å². The van der Waals surface area contributed by atoms with E-state index in [-0.39, 0.29) is 11.4 Å². The van der Waals surface area contributed by atoms with E-state index in [9.17, 15) is 9.50 Å². The number of hydrogen-bond donors (Lipinski definition) is 1. The zero-order valence-electron chi connectivity index (χ0n) is 10.7. The molecule has 1 saturated carbocycles. The third kappa shape index (κ3) is 2.01. The molecule has 3 heteroatoms. The fourth-order valence-corrected chi connectivity index (χ4v) is 3.50. The minimum atomic E-state index is -0.528. The minimum absolute atomic E-state index is 0.280. The molecule has 1 heterocycles. The highest BCUT2D eigenvalue weighted by atomic mass is 19.1. The Bertz CT molecular complexity index is 460. The van der Waals surface area contributed by atoms with E-state index >= 15 is 0 Å². The predicted molar refractivity (Wildman–Crippen MR) is 67.0 cm³/mol. The van der Waals surface area contributed by atoms with E-state index in [4.69, 9.17) is 4.74 Å². The van der Waals surface area contributed by atoms with Gasteiger partial charge in [0.15, 0.2) is 0 Å². The summed E-state index contributed by atoms with van der Waals surface area (Å²) >= 11 is 0. The largest absolute Gasteiger partial charge is 0.487 e. The molecular weight excluding hydrogens is 231 g/mol. The summed E-state index contributed by atoms with van der Waals surface area (Å²) in [6.45, 7) is 2.22. The van der Waals surface area contributed by atoms with Crippen LogP contribution in [0.5, 0.6) is 5.75 Å². The van der Waals surface area contributed by atoms with Crippen LogP contribution >= 0.6 is 0 Å². The molecule has 2 nitrogen and oxygen atoms in total. The van der Waals surface area contributed by atoms with Gasteiger partial charge in [0, 0.05) is 18.1 Å². The maximum atomic E-state index is 13.3. The average Bonchev–Trinajstić information content (AvgIpc) is 2.27. The zero-order chi connectivity index (χ0) is 12.8. The van der Waals surface area contributed by atoms with E-state index in [2.05, 4.69) is 6.92 Å². The first-order chi connectivity index (χ1) is 8.58. The van der Waals surface area contributed by atoms with Crippen molar-refractivity contribution >= 4 is 0 Å². The van der Waals surface area contributed by atoms with Crippen molar-refractivity contribution in [2.24, 2.45) is 5.92 Å². The summed E-state index contributed by atoms with van der Waals surface area (Å²) in [4.78, 5) is 0. The van der Waals surface area contributed by atoms with Gasteiger partial charge in [-0.15, -0.1) is 0 Å². The number of ether oxygens (including phenoxy) is 1. The molecule has 0 aromatic heterocycles. The third-order valence-corrected chi connectivity index (χ3v) is 4.28. The molecule has 2 unspecified atom stereocenters. The van der Waals surface area contributed by atoms with Crippen LogP contribution < -0.4 is 4.74 Å². The van der Waals surface area contributed by atoms with Gasteiger partial charge in [-0.1, -0.05) is 13.3 Å². The maximum Gasteiger partial charge on any atom is 0.128 e. The molecule has 2 aliphatic rings. The van der Waals surface area contributed by atoms with Crippen molar-refractivity contribution in [3.05, 3.63) is 29.6 Å². The summed E-state index contributed by atoms with van der Waals surface area (Å²) in [5.74, 6) is 0.839. The molecule has 1 aliphatic heterocycles. The van der Waals surface area contributed by atoms with E-state index in [1.54, 1.807) is 6.07 Å². The van der Waals surface area contributed by atoms with E-state index in [1.807, 2.05) is 0 Å². The number of halogens is 1. The number of aliphatic hydroxyl groups is 1. The van der Waals surface area contributed by atoms with Gasteiger partial charge in [0.25, 0.3) is 0 Å². The van der Waals surface area contributed by atoms with Gasteiger partial charge in [0.1, 0.15) is 17.2 Å². The van der Waals surface area contributed by atoms with Crippen molar-refractivity contribution in [3.63, 3.8) is 0 Å². The van der Waals surface area contributed by atoms with Crippen LogP contribution in [0.15, 0.2) is 18.2 Å². The molecule has 1 aromatic rings. The lowest BCUT2D eigenvalue weighted by molar-refractivity contribution is -0.0498. The Morgan fingerprint density at radius 2 is 2.22 bits per heavy atom. The molecule has 1 aromatic carbocycles. The molecule has 0 bridgehead atoms. The van der Waals surface area contributed by atoms with Crippen molar-refractivity contribution in [2.45, 2.75) is 50.7 Å². The monoisotopic (exact) mass is 250 g/mol. The van der Waals surface area contributed by atoms with Crippen molar-refractivity contribution in [3.8, 4) is 5.75 Å². The van der Waals surface area contributed by atoms with E-state index in [0.717, 1.165) is 24.8 Å².